The molecule has 2 N–H and O–H groups in total. The molecule has 3 aliphatic rings. The van der Waals surface area contributed by atoms with Crippen molar-refractivity contribution in [1.82, 2.24) is 9.80 Å². The maximum atomic E-state index is 5.84. The van der Waals surface area contributed by atoms with Gasteiger partial charge in [0.15, 0.2) is 0 Å². The summed E-state index contributed by atoms with van der Waals surface area (Å²) < 4.78 is 0. The first-order chi connectivity index (χ1) is 7.86. The minimum absolute atomic E-state index is 0.771. The summed E-state index contributed by atoms with van der Waals surface area (Å²) in [6.45, 7) is 7.56. The standard InChI is InChI=1S/C13H25N3/c14-8-11-2-1-5-16(9-11)13-4-7-15-6-3-12(13)10-15/h11-13H,1-10,14H2. The first kappa shape index (κ1) is 11.0. The summed E-state index contributed by atoms with van der Waals surface area (Å²) in [5.41, 5.74) is 5.84. The molecular formula is C13H25N3. The second kappa shape index (κ2) is 4.63. The Morgan fingerprint density at radius 3 is 2.75 bits per heavy atom. The first-order valence-corrected chi connectivity index (χ1v) is 7.03. The van der Waals surface area contributed by atoms with E-state index >= 15 is 0 Å². The minimum atomic E-state index is 0.771. The highest BCUT2D eigenvalue weighted by atomic mass is 15.2. The van der Waals surface area contributed by atoms with Crippen LogP contribution in [0.3, 0.4) is 0 Å². The van der Waals surface area contributed by atoms with Gasteiger partial charge < -0.3 is 10.6 Å². The van der Waals surface area contributed by atoms with E-state index in [0.717, 1.165) is 24.4 Å². The summed E-state index contributed by atoms with van der Waals surface area (Å²) in [5, 5.41) is 0. The van der Waals surface area contributed by atoms with Crippen molar-refractivity contribution in [3.63, 3.8) is 0 Å². The number of rotatable bonds is 2. The molecule has 3 heteroatoms. The van der Waals surface area contributed by atoms with Crippen molar-refractivity contribution in [2.24, 2.45) is 17.6 Å². The molecule has 4 atom stereocenters. The lowest BCUT2D eigenvalue weighted by Gasteiger charge is -2.43. The summed E-state index contributed by atoms with van der Waals surface area (Å²) >= 11 is 0. The third-order valence-corrected chi connectivity index (χ3v) is 4.95. The molecule has 3 fully saturated rings. The van der Waals surface area contributed by atoms with Crippen LogP contribution in [0, 0.1) is 11.8 Å². The third kappa shape index (κ3) is 2.01. The van der Waals surface area contributed by atoms with Gasteiger partial charge in [-0.15, -0.1) is 0 Å². The number of hydrogen-bond acceptors (Lipinski definition) is 3. The van der Waals surface area contributed by atoms with E-state index in [4.69, 9.17) is 5.73 Å². The van der Waals surface area contributed by atoms with Gasteiger partial charge in [0.25, 0.3) is 0 Å². The molecule has 0 amide bonds. The van der Waals surface area contributed by atoms with E-state index in [1.54, 1.807) is 0 Å². The second-order valence-corrected chi connectivity index (χ2v) is 5.94. The van der Waals surface area contributed by atoms with Crippen molar-refractivity contribution in [3.05, 3.63) is 0 Å². The molecule has 2 bridgehead atoms. The lowest BCUT2D eigenvalue weighted by atomic mass is 9.89. The summed E-state index contributed by atoms with van der Waals surface area (Å²) in [4.78, 5) is 5.42. The van der Waals surface area contributed by atoms with E-state index in [2.05, 4.69) is 9.80 Å². The number of nitrogens with zero attached hydrogens (tertiary/aromatic N) is 2. The predicted molar refractivity (Wildman–Crippen MR) is 66.3 cm³/mol. The van der Waals surface area contributed by atoms with Gasteiger partial charge in [0.05, 0.1) is 0 Å². The quantitative estimate of drug-likeness (QED) is 0.750. The Labute approximate surface area is 99.0 Å². The molecule has 3 saturated heterocycles. The highest BCUT2D eigenvalue weighted by molar-refractivity contribution is 4.93. The van der Waals surface area contributed by atoms with Gasteiger partial charge in [0.2, 0.25) is 0 Å². The maximum Gasteiger partial charge on any atom is 0.0148 e. The summed E-state index contributed by atoms with van der Waals surface area (Å²) in [6, 6.07) is 0.882. The Hall–Kier alpha value is -0.120. The number of fused-ring (bicyclic) bond motifs is 2. The Bertz CT molecular complexity index is 243. The van der Waals surface area contributed by atoms with Crippen molar-refractivity contribution in [1.29, 1.82) is 0 Å². The SMILES string of the molecule is NCC1CCCN(C2CCN3CCC2C3)C1. The van der Waals surface area contributed by atoms with Gasteiger partial charge in [-0.1, -0.05) is 0 Å². The van der Waals surface area contributed by atoms with Crippen LogP contribution in [0.5, 0.6) is 0 Å². The largest absolute Gasteiger partial charge is 0.330 e. The maximum absolute atomic E-state index is 5.84. The number of nitrogens with two attached hydrogens (primary N) is 1. The summed E-state index contributed by atoms with van der Waals surface area (Å²) in [6.07, 6.45) is 5.57. The topological polar surface area (TPSA) is 32.5 Å². The number of hydrogen-bond donors (Lipinski definition) is 1. The number of likely N-dealkylation sites (tertiary alicyclic amines) is 1. The van der Waals surface area contributed by atoms with E-state index in [-0.39, 0.29) is 0 Å². The average molecular weight is 223 g/mol. The zero-order valence-corrected chi connectivity index (χ0v) is 10.3. The molecule has 3 heterocycles. The van der Waals surface area contributed by atoms with E-state index in [9.17, 15) is 0 Å². The summed E-state index contributed by atoms with van der Waals surface area (Å²) in [7, 11) is 0. The van der Waals surface area contributed by atoms with Crippen molar-refractivity contribution >= 4 is 0 Å². The molecule has 3 aliphatic heterocycles. The fourth-order valence-corrected chi connectivity index (χ4v) is 4.00. The van der Waals surface area contributed by atoms with E-state index in [0.29, 0.717) is 0 Å². The lowest BCUT2D eigenvalue weighted by Crippen LogP contribution is -2.50. The Morgan fingerprint density at radius 2 is 1.88 bits per heavy atom. The van der Waals surface area contributed by atoms with Gasteiger partial charge in [-0.3, -0.25) is 4.90 Å². The van der Waals surface area contributed by atoms with Crippen LogP contribution in [0.2, 0.25) is 0 Å². The predicted octanol–water partition coefficient (Wildman–Crippen LogP) is 0.751. The van der Waals surface area contributed by atoms with Gasteiger partial charge in [0.1, 0.15) is 0 Å². The van der Waals surface area contributed by atoms with Crippen molar-refractivity contribution < 1.29 is 0 Å². The molecule has 0 aromatic rings. The van der Waals surface area contributed by atoms with Crippen LogP contribution in [0.15, 0.2) is 0 Å². The van der Waals surface area contributed by atoms with Crippen LogP contribution in [0.25, 0.3) is 0 Å². The smallest absolute Gasteiger partial charge is 0.0148 e. The molecule has 0 aliphatic carbocycles. The molecule has 16 heavy (non-hydrogen) atoms. The van der Waals surface area contributed by atoms with Crippen LogP contribution < -0.4 is 5.73 Å². The first-order valence-electron chi connectivity index (χ1n) is 7.03. The molecule has 3 nitrogen and oxygen atoms in total. The molecule has 3 rings (SSSR count). The van der Waals surface area contributed by atoms with Crippen LogP contribution in [-0.2, 0) is 0 Å². The molecule has 0 aromatic heterocycles. The van der Waals surface area contributed by atoms with E-state index < -0.39 is 0 Å². The Morgan fingerprint density at radius 1 is 1.00 bits per heavy atom. The highest BCUT2D eigenvalue weighted by Gasteiger charge is 2.38. The minimum Gasteiger partial charge on any atom is -0.330 e. The fourth-order valence-electron chi connectivity index (χ4n) is 4.00. The highest BCUT2D eigenvalue weighted by Crippen LogP contribution is 2.32. The van der Waals surface area contributed by atoms with Crippen LogP contribution in [0.4, 0.5) is 0 Å². The average Bonchev–Trinajstić information content (AvgIpc) is 2.71. The normalized spacial score (nSPS) is 44.8. The zero-order valence-electron chi connectivity index (χ0n) is 10.3. The van der Waals surface area contributed by atoms with Crippen LogP contribution >= 0.6 is 0 Å². The van der Waals surface area contributed by atoms with Crippen molar-refractivity contribution in [2.75, 3.05) is 39.3 Å². The lowest BCUT2D eigenvalue weighted by molar-refractivity contribution is 0.0628. The third-order valence-electron chi connectivity index (χ3n) is 4.95. The van der Waals surface area contributed by atoms with Gasteiger partial charge in [0, 0.05) is 19.1 Å². The van der Waals surface area contributed by atoms with E-state index in [1.165, 1.54) is 58.4 Å². The molecule has 92 valence electrons. The van der Waals surface area contributed by atoms with Crippen molar-refractivity contribution in [3.8, 4) is 0 Å². The van der Waals surface area contributed by atoms with Gasteiger partial charge in [-0.2, -0.15) is 0 Å². The van der Waals surface area contributed by atoms with Gasteiger partial charge >= 0.3 is 0 Å². The fraction of sp³-hybridized carbons (Fsp3) is 1.00. The Kier molecular flexibility index (Phi) is 3.18. The molecule has 4 unspecified atom stereocenters. The zero-order chi connectivity index (χ0) is 11.0. The monoisotopic (exact) mass is 223 g/mol. The second-order valence-electron chi connectivity index (χ2n) is 5.94. The van der Waals surface area contributed by atoms with E-state index in [1.807, 2.05) is 0 Å². The number of piperidine rings is 2. The molecule has 0 spiro atoms. The summed E-state index contributed by atoms with van der Waals surface area (Å²) in [5.74, 6) is 1.73. The molecular weight excluding hydrogens is 198 g/mol. The van der Waals surface area contributed by atoms with Crippen LogP contribution in [0.1, 0.15) is 25.7 Å². The Balaban J connectivity index is 1.63. The van der Waals surface area contributed by atoms with Gasteiger partial charge in [-0.25, -0.2) is 0 Å². The van der Waals surface area contributed by atoms with Gasteiger partial charge in [-0.05, 0) is 63.7 Å². The van der Waals surface area contributed by atoms with Crippen LogP contribution in [-0.4, -0.2) is 55.1 Å². The molecule has 0 radical (unpaired) electrons. The molecule has 0 saturated carbocycles. The molecule has 0 aromatic carbocycles. The van der Waals surface area contributed by atoms with Crippen molar-refractivity contribution in [2.45, 2.75) is 31.7 Å².